The van der Waals surface area contributed by atoms with Gasteiger partial charge in [0.15, 0.2) is 0 Å². The predicted octanol–water partition coefficient (Wildman–Crippen LogP) is 2.33. The lowest BCUT2D eigenvalue weighted by Gasteiger charge is -2.03. The summed E-state index contributed by atoms with van der Waals surface area (Å²) in [6, 6.07) is 9.19. The van der Waals surface area contributed by atoms with Crippen LogP contribution in [0.5, 0.6) is 0 Å². The molecule has 0 aromatic heterocycles. The number of Topliss-reactive ketones (excluding diaryl/α,β-unsaturated/α-hetero) is 1. The van der Waals surface area contributed by atoms with Crippen LogP contribution in [-0.2, 0) is 11.2 Å². The summed E-state index contributed by atoms with van der Waals surface area (Å²) in [6.07, 6.45) is 0.462. The second kappa shape index (κ2) is 4.57. The van der Waals surface area contributed by atoms with E-state index in [2.05, 4.69) is 0 Å². The molecule has 0 saturated heterocycles. The molecule has 0 atom stereocenters. The fourth-order valence-electron chi connectivity index (χ4n) is 1.10. The zero-order valence-corrected chi connectivity index (χ0v) is 8.45. The van der Waals surface area contributed by atoms with E-state index in [4.69, 9.17) is 5.26 Å². The zero-order valence-electron chi connectivity index (χ0n) is 8.45. The average Bonchev–Trinajstić information content (AvgIpc) is 2.19. The van der Waals surface area contributed by atoms with Gasteiger partial charge in [-0.1, -0.05) is 26.0 Å². The van der Waals surface area contributed by atoms with Crippen molar-refractivity contribution in [2.24, 2.45) is 5.92 Å². The van der Waals surface area contributed by atoms with Crippen LogP contribution in [0.4, 0.5) is 0 Å². The number of nitrogens with zero attached hydrogens (tertiary/aromatic N) is 1. The third-order valence-corrected chi connectivity index (χ3v) is 2.11. The van der Waals surface area contributed by atoms with Crippen molar-refractivity contribution in [1.82, 2.24) is 0 Å². The minimum absolute atomic E-state index is 0.0747. The minimum Gasteiger partial charge on any atom is -0.299 e. The summed E-state index contributed by atoms with van der Waals surface area (Å²) >= 11 is 0. The fourth-order valence-corrected chi connectivity index (χ4v) is 1.10. The summed E-state index contributed by atoms with van der Waals surface area (Å²) in [5.74, 6) is 0.306. The molecular formula is C12H13NO. The van der Waals surface area contributed by atoms with Gasteiger partial charge < -0.3 is 0 Å². The first-order chi connectivity index (χ1) is 6.63. The van der Waals surface area contributed by atoms with Crippen LogP contribution in [0.3, 0.4) is 0 Å². The van der Waals surface area contributed by atoms with Gasteiger partial charge in [-0.25, -0.2) is 0 Å². The lowest BCUT2D eigenvalue weighted by Crippen LogP contribution is -2.09. The SMILES string of the molecule is CC(C)C(=O)Cc1ccc(C#N)cc1. The summed E-state index contributed by atoms with van der Waals surface area (Å²) in [6.45, 7) is 3.79. The molecule has 0 N–H and O–H groups in total. The van der Waals surface area contributed by atoms with Gasteiger partial charge in [-0.05, 0) is 17.7 Å². The molecule has 0 radical (unpaired) electrons. The van der Waals surface area contributed by atoms with Crippen LogP contribution in [0.1, 0.15) is 25.0 Å². The summed E-state index contributed by atoms with van der Waals surface area (Å²) in [7, 11) is 0. The standard InChI is InChI=1S/C12H13NO/c1-9(2)12(14)7-10-3-5-11(8-13)6-4-10/h3-6,9H,7H2,1-2H3. The number of carbonyl (C=O) groups excluding carboxylic acids is 1. The van der Waals surface area contributed by atoms with Crippen molar-refractivity contribution in [2.75, 3.05) is 0 Å². The first-order valence-electron chi connectivity index (χ1n) is 4.65. The first kappa shape index (κ1) is 10.5. The highest BCUT2D eigenvalue weighted by Crippen LogP contribution is 2.07. The van der Waals surface area contributed by atoms with Crippen molar-refractivity contribution < 1.29 is 4.79 Å². The molecule has 1 aromatic carbocycles. The van der Waals surface area contributed by atoms with Gasteiger partial charge in [0.1, 0.15) is 5.78 Å². The van der Waals surface area contributed by atoms with Crippen molar-refractivity contribution in [3.05, 3.63) is 35.4 Å². The molecular weight excluding hydrogens is 174 g/mol. The van der Waals surface area contributed by atoms with Gasteiger partial charge >= 0.3 is 0 Å². The number of benzene rings is 1. The molecule has 0 aliphatic carbocycles. The van der Waals surface area contributed by atoms with Crippen LogP contribution in [-0.4, -0.2) is 5.78 Å². The number of nitriles is 1. The quantitative estimate of drug-likeness (QED) is 0.728. The number of ketones is 1. The third-order valence-electron chi connectivity index (χ3n) is 2.11. The van der Waals surface area contributed by atoms with E-state index in [-0.39, 0.29) is 11.7 Å². The second-order valence-electron chi connectivity index (χ2n) is 3.61. The highest BCUT2D eigenvalue weighted by atomic mass is 16.1. The van der Waals surface area contributed by atoms with Gasteiger partial charge in [0, 0.05) is 12.3 Å². The van der Waals surface area contributed by atoms with Gasteiger partial charge in [0.25, 0.3) is 0 Å². The molecule has 0 fully saturated rings. The molecule has 1 aromatic rings. The molecule has 0 unspecified atom stereocenters. The third kappa shape index (κ3) is 2.70. The van der Waals surface area contributed by atoms with E-state index in [0.29, 0.717) is 12.0 Å². The summed E-state index contributed by atoms with van der Waals surface area (Å²) in [4.78, 5) is 11.4. The molecule has 2 heteroatoms. The molecule has 2 nitrogen and oxygen atoms in total. The maximum absolute atomic E-state index is 11.4. The van der Waals surface area contributed by atoms with Gasteiger partial charge in [-0.15, -0.1) is 0 Å². The Morgan fingerprint density at radius 1 is 1.36 bits per heavy atom. The Kier molecular flexibility index (Phi) is 3.41. The molecule has 14 heavy (non-hydrogen) atoms. The van der Waals surface area contributed by atoms with Crippen LogP contribution in [0.25, 0.3) is 0 Å². The predicted molar refractivity (Wildman–Crippen MR) is 54.7 cm³/mol. The van der Waals surface area contributed by atoms with Crippen LogP contribution >= 0.6 is 0 Å². The molecule has 72 valence electrons. The molecule has 0 heterocycles. The number of carbonyl (C=O) groups is 1. The molecule has 1 rings (SSSR count). The van der Waals surface area contributed by atoms with E-state index in [9.17, 15) is 4.79 Å². The molecule has 0 bridgehead atoms. The lowest BCUT2D eigenvalue weighted by molar-refractivity contribution is -0.121. The largest absolute Gasteiger partial charge is 0.299 e. The Hall–Kier alpha value is -1.62. The maximum atomic E-state index is 11.4. The van der Waals surface area contributed by atoms with Crippen molar-refractivity contribution in [3.63, 3.8) is 0 Å². The Bertz CT molecular complexity index is 357. The van der Waals surface area contributed by atoms with Crippen LogP contribution in [0.15, 0.2) is 24.3 Å². The first-order valence-corrected chi connectivity index (χ1v) is 4.65. The summed E-state index contributed by atoms with van der Waals surface area (Å²) in [5, 5.41) is 8.58. The van der Waals surface area contributed by atoms with Crippen molar-refractivity contribution in [1.29, 1.82) is 5.26 Å². The Morgan fingerprint density at radius 2 is 1.93 bits per heavy atom. The van der Waals surface area contributed by atoms with E-state index >= 15 is 0 Å². The fraction of sp³-hybridized carbons (Fsp3) is 0.333. The van der Waals surface area contributed by atoms with Crippen LogP contribution in [0.2, 0.25) is 0 Å². The summed E-state index contributed by atoms with van der Waals surface area (Å²) < 4.78 is 0. The lowest BCUT2D eigenvalue weighted by atomic mass is 10.0. The Labute approximate surface area is 84.2 Å². The van der Waals surface area contributed by atoms with Crippen molar-refractivity contribution in [2.45, 2.75) is 20.3 Å². The van der Waals surface area contributed by atoms with E-state index < -0.39 is 0 Å². The maximum Gasteiger partial charge on any atom is 0.139 e. The molecule has 0 spiro atoms. The van der Waals surface area contributed by atoms with Crippen LogP contribution < -0.4 is 0 Å². The van der Waals surface area contributed by atoms with E-state index in [0.717, 1.165) is 5.56 Å². The van der Waals surface area contributed by atoms with Gasteiger partial charge in [-0.3, -0.25) is 4.79 Å². The van der Waals surface area contributed by atoms with Crippen molar-refractivity contribution >= 4 is 5.78 Å². The highest BCUT2D eigenvalue weighted by molar-refractivity contribution is 5.82. The second-order valence-corrected chi connectivity index (χ2v) is 3.61. The molecule has 0 aliphatic heterocycles. The molecule has 0 amide bonds. The monoisotopic (exact) mass is 187 g/mol. The van der Waals surface area contributed by atoms with E-state index in [1.165, 1.54) is 0 Å². The van der Waals surface area contributed by atoms with E-state index in [1.54, 1.807) is 12.1 Å². The zero-order chi connectivity index (χ0) is 10.6. The minimum atomic E-state index is 0.0747. The smallest absolute Gasteiger partial charge is 0.139 e. The number of hydrogen-bond acceptors (Lipinski definition) is 2. The Balaban J connectivity index is 2.70. The van der Waals surface area contributed by atoms with Crippen molar-refractivity contribution in [3.8, 4) is 6.07 Å². The van der Waals surface area contributed by atoms with E-state index in [1.807, 2.05) is 32.0 Å². The summed E-state index contributed by atoms with van der Waals surface area (Å²) in [5.41, 5.74) is 1.61. The van der Waals surface area contributed by atoms with Gasteiger partial charge in [0.05, 0.1) is 11.6 Å². The average molecular weight is 187 g/mol. The number of rotatable bonds is 3. The topological polar surface area (TPSA) is 40.9 Å². The molecule has 0 saturated carbocycles. The van der Waals surface area contributed by atoms with Crippen LogP contribution in [0, 0.1) is 17.2 Å². The van der Waals surface area contributed by atoms with Gasteiger partial charge in [-0.2, -0.15) is 5.26 Å². The normalized spacial score (nSPS) is 9.86. The van der Waals surface area contributed by atoms with Gasteiger partial charge in [0.2, 0.25) is 0 Å². The Morgan fingerprint density at radius 3 is 2.36 bits per heavy atom. The number of hydrogen-bond donors (Lipinski definition) is 0. The highest BCUT2D eigenvalue weighted by Gasteiger charge is 2.07. The molecule has 0 aliphatic rings.